The summed E-state index contributed by atoms with van der Waals surface area (Å²) < 4.78 is 5.58. The first-order chi connectivity index (χ1) is 8.60. The molecule has 0 radical (unpaired) electrons. The molecule has 18 heavy (non-hydrogen) atoms. The normalized spacial score (nSPS) is 10.2. The second-order valence-corrected chi connectivity index (χ2v) is 4.54. The first-order valence-corrected chi connectivity index (χ1v) is 5.98. The van der Waals surface area contributed by atoms with Crippen LogP contribution in [-0.2, 0) is 0 Å². The molecular formula is C11H8Cl3N3O. The molecule has 1 aromatic heterocycles. The standard InChI is InChI=1S/C11H8Cl3N3O/c12-7-4-9(14)10(5-8(7)13)18-6-1-2-16-11(3-6)17-15/h1-5H,15H2,(H,16,17). The number of halogens is 3. The van der Waals surface area contributed by atoms with Crippen molar-refractivity contribution in [3.8, 4) is 11.5 Å². The van der Waals surface area contributed by atoms with Gasteiger partial charge in [0.2, 0.25) is 0 Å². The SMILES string of the molecule is NNc1cc(Oc2cc(Cl)c(Cl)cc2Cl)ccn1. The van der Waals surface area contributed by atoms with Gasteiger partial charge in [-0.15, -0.1) is 0 Å². The molecule has 0 amide bonds. The molecule has 3 N–H and O–H groups in total. The third-order valence-electron chi connectivity index (χ3n) is 2.08. The van der Waals surface area contributed by atoms with Gasteiger partial charge < -0.3 is 10.2 Å². The van der Waals surface area contributed by atoms with Crippen LogP contribution in [0.5, 0.6) is 11.5 Å². The molecule has 0 saturated carbocycles. The van der Waals surface area contributed by atoms with Crippen LogP contribution in [0, 0.1) is 0 Å². The topological polar surface area (TPSA) is 60.2 Å². The molecule has 0 aliphatic carbocycles. The van der Waals surface area contributed by atoms with E-state index in [1.165, 1.54) is 6.07 Å². The zero-order valence-corrected chi connectivity index (χ0v) is 11.2. The number of aromatic nitrogens is 1. The Kier molecular flexibility index (Phi) is 4.14. The molecule has 0 aliphatic heterocycles. The second kappa shape index (κ2) is 5.63. The lowest BCUT2D eigenvalue weighted by Crippen LogP contribution is -2.08. The van der Waals surface area contributed by atoms with E-state index in [0.717, 1.165) is 0 Å². The van der Waals surface area contributed by atoms with Gasteiger partial charge in [0.15, 0.2) is 0 Å². The molecule has 1 heterocycles. The number of anilines is 1. The molecule has 0 bridgehead atoms. The summed E-state index contributed by atoms with van der Waals surface area (Å²) in [6.07, 6.45) is 1.55. The maximum atomic E-state index is 6.00. The number of nitrogen functional groups attached to an aromatic ring is 1. The molecular weight excluding hydrogens is 297 g/mol. The van der Waals surface area contributed by atoms with Crippen molar-refractivity contribution in [2.45, 2.75) is 0 Å². The van der Waals surface area contributed by atoms with Crippen molar-refractivity contribution < 1.29 is 4.74 Å². The van der Waals surface area contributed by atoms with Crippen molar-refractivity contribution in [2.24, 2.45) is 5.84 Å². The van der Waals surface area contributed by atoms with Gasteiger partial charge in [-0.3, -0.25) is 0 Å². The molecule has 0 atom stereocenters. The van der Waals surface area contributed by atoms with E-state index in [1.807, 2.05) is 0 Å². The number of rotatable bonds is 3. The van der Waals surface area contributed by atoms with Gasteiger partial charge in [0, 0.05) is 18.3 Å². The molecule has 7 heteroatoms. The summed E-state index contributed by atoms with van der Waals surface area (Å²) >= 11 is 17.7. The van der Waals surface area contributed by atoms with Crippen LogP contribution in [-0.4, -0.2) is 4.98 Å². The van der Waals surface area contributed by atoms with Crippen molar-refractivity contribution >= 4 is 40.6 Å². The highest BCUT2D eigenvalue weighted by molar-refractivity contribution is 6.43. The number of nitrogens with two attached hydrogens (primary N) is 1. The summed E-state index contributed by atoms with van der Waals surface area (Å²) in [7, 11) is 0. The van der Waals surface area contributed by atoms with Crippen molar-refractivity contribution in [3.05, 3.63) is 45.5 Å². The Balaban J connectivity index is 2.30. The first kappa shape index (κ1) is 13.2. The molecule has 0 spiro atoms. The fourth-order valence-corrected chi connectivity index (χ4v) is 1.84. The van der Waals surface area contributed by atoms with E-state index in [0.29, 0.717) is 32.4 Å². The Morgan fingerprint density at radius 3 is 2.50 bits per heavy atom. The number of nitrogens with one attached hydrogen (secondary N) is 1. The lowest BCUT2D eigenvalue weighted by Gasteiger charge is -2.09. The number of benzene rings is 1. The summed E-state index contributed by atoms with van der Waals surface area (Å²) in [6.45, 7) is 0. The quantitative estimate of drug-likeness (QED) is 0.509. The van der Waals surface area contributed by atoms with E-state index in [9.17, 15) is 0 Å². The summed E-state index contributed by atoms with van der Waals surface area (Å²) in [4.78, 5) is 3.96. The number of hydrogen-bond acceptors (Lipinski definition) is 4. The number of hydrogen-bond donors (Lipinski definition) is 2. The predicted molar refractivity (Wildman–Crippen MR) is 73.6 cm³/mol. The highest BCUT2D eigenvalue weighted by Crippen LogP contribution is 2.36. The molecule has 2 rings (SSSR count). The summed E-state index contributed by atoms with van der Waals surface area (Å²) in [5, 5.41) is 1.10. The summed E-state index contributed by atoms with van der Waals surface area (Å²) in [5.41, 5.74) is 2.42. The Morgan fingerprint density at radius 1 is 1.06 bits per heavy atom. The highest BCUT2D eigenvalue weighted by atomic mass is 35.5. The Labute approximate surface area is 119 Å². The van der Waals surface area contributed by atoms with Gasteiger partial charge in [-0.2, -0.15) is 0 Å². The van der Waals surface area contributed by atoms with Gasteiger partial charge in [-0.25, -0.2) is 10.8 Å². The third kappa shape index (κ3) is 2.97. The average Bonchev–Trinajstić information content (AvgIpc) is 2.36. The zero-order valence-electron chi connectivity index (χ0n) is 8.95. The largest absolute Gasteiger partial charge is 0.456 e. The van der Waals surface area contributed by atoms with Crippen LogP contribution in [0.2, 0.25) is 15.1 Å². The molecule has 94 valence electrons. The van der Waals surface area contributed by atoms with Gasteiger partial charge in [0.1, 0.15) is 17.3 Å². The Bertz CT molecular complexity index is 577. The summed E-state index contributed by atoms with van der Waals surface area (Å²) in [6, 6.07) is 6.35. The minimum absolute atomic E-state index is 0.363. The zero-order chi connectivity index (χ0) is 13.1. The third-order valence-corrected chi connectivity index (χ3v) is 3.10. The minimum atomic E-state index is 0.363. The number of hydrazine groups is 1. The Morgan fingerprint density at radius 2 is 1.78 bits per heavy atom. The smallest absolute Gasteiger partial charge is 0.147 e. The average molecular weight is 305 g/mol. The van der Waals surface area contributed by atoms with Gasteiger partial charge >= 0.3 is 0 Å². The molecule has 0 saturated heterocycles. The van der Waals surface area contributed by atoms with Gasteiger partial charge in [-0.1, -0.05) is 34.8 Å². The lowest BCUT2D eigenvalue weighted by molar-refractivity contribution is 0.482. The molecule has 0 unspecified atom stereocenters. The molecule has 1 aromatic carbocycles. The van der Waals surface area contributed by atoms with Crippen LogP contribution in [0.15, 0.2) is 30.5 Å². The van der Waals surface area contributed by atoms with Gasteiger partial charge in [0.25, 0.3) is 0 Å². The number of nitrogens with zero attached hydrogens (tertiary/aromatic N) is 1. The van der Waals surface area contributed by atoms with E-state index in [-0.39, 0.29) is 0 Å². The van der Waals surface area contributed by atoms with E-state index < -0.39 is 0 Å². The van der Waals surface area contributed by atoms with Gasteiger partial charge in [-0.05, 0) is 12.1 Å². The number of ether oxygens (including phenoxy) is 1. The molecule has 2 aromatic rings. The van der Waals surface area contributed by atoms with Crippen molar-refractivity contribution in [1.82, 2.24) is 4.98 Å². The number of pyridine rings is 1. The van der Waals surface area contributed by atoms with Crippen LogP contribution < -0.4 is 16.0 Å². The highest BCUT2D eigenvalue weighted by Gasteiger charge is 2.08. The Hall–Kier alpha value is -1.20. The van der Waals surface area contributed by atoms with E-state index in [2.05, 4.69) is 10.4 Å². The van der Waals surface area contributed by atoms with Crippen LogP contribution in [0.4, 0.5) is 5.82 Å². The van der Waals surface area contributed by atoms with E-state index in [4.69, 9.17) is 45.4 Å². The first-order valence-electron chi connectivity index (χ1n) is 4.85. The van der Waals surface area contributed by atoms with Crippen molar-refractivity contribution in [3.63, 3.8) is 0 Å². The minimum Gasteiger partial charge on any atom is -0.456 e. The van der Waals surface area contributed by atoms with Gasteiger partial charge in [0.05, 0.1) is 15.1 Å². The van der Waals surface area contributed by atoms with Crippen molar-refractivity contribution in [1.29, 1.82) is 0 Å². The van der Waals surface area contributed by atoms with E-state index >= 15 is 0 Å². The fourth-order valence-electron chi connectivity index (χ4n) is 1.26. The molecule has 4 nitrogen and oxygen atoms in total. The van der Waals surface area contributed by atoms with E-state index in [1.54, 1.807) is 24.4 Å². The van der Waals surface area contributed by atoms with Crippen molar-refractivity contribution in [2.75, 3.05) is 5.43 Å². The lowest BCUT2D eigenvalue weighted by atomic mass is 10.3. The van der Waals surface area contributed by atoms with Crippen LogP contribution in [0.25, 0.3) is 0 Å². The van der Waals surface area contributed by atoms with Crippen LogP contribution in [0.1, 0.15) is 0 Å². The fraction of sp³-hybridized carbons (Fsp3) is 0. The maximum Gasteiger partial charge on any atom is 0.147 e. The maximum absolute atomic E-state index is 6.00. The predicted octanol–water partition coefficient (Wildman–Crippen LogP) is 4.12. The second-order valence-electron chi connectivity index (χ2n) is 3.32. The monoisotopic (exact) mass is 303 g/mol. The molecule has 0 aliphatic rings. The van der Waals surface area contributed by atoms with Crippen LogP contribution in [0.3, 0.4) is 0 Å². The van der Waals surface area contributed by atoms with Crippen LogP contribution >= 0.6 is 34.8 Å². The molecule has 0 fully saturated rings. The summed E-state index contributed by atoms with van der Waals surface area (Å²) in [5.74, 6) is 6.66.